The standard InChI is InChI=1S/C31H22N2O4/c1-3-7-23-20(5-1)21-6-2-4-8-24(21)33(23)31-29-19(9-10-26-30(29)37-17-34-26)13-25-22-15-28-27(35-16-36-28)14-18(22)11-12-32(25)31/h1-10,13-15,31H,11-12,16-17H2. The van der Waals surface area contributed by atoms with E-state index in [0.29, 0.717) is 0 Å². The van der Waals surface area contributed by atoms with Crippen molar-refractivity contribution in [2.24, 2.45) is 0 Å². The Bertz CT molecular complexity index is 1760. The van der Waals surface area contributed by atoms with Crippen LogP contribution in [-0.4, -0.2) is 29.6 Å². The largest absolute Gasteiger partial charge is 0.454 e. The molecule has 4 aromatic carbocycles. The van der Waals surface area contributed by atoms with Crippen LogP contribution in [0, 0.1) is 0 Å². The van der Waals surface area contributed by atoms with E-state index in [1.807, 2.05) is 6.07 Å². The number of rotatable bonds is 1. The van der Waals surface area contributed by atoms with E-state index in [-0.39, 0.29) is 19.8 Å². The first-order chi connectivity index (χ1) is 18.3. The van der Waals surface area contributed by atoms with Gasteiger partial charge in [0.25, 0.3) is 0 Å². The monoisotopic (exact) mass is 486 g/mol. The lowest BCUT2D eigenvalue weighted by molar-refractivity contribution is 0.170. The molecule has 0 spiro atoms. The molecule has 6 nitrogen and oxygen atoms in total. The highest BCUT2D eigenvalue weighted by atomic mass is 16.7. The number of hydrogen-bond donors (Lipinski definition) is 0. The van der Waals surface area contributed by atoms with Crippen LogP contribution in [0.5, 0.6) is 23.0 Å². The third kappa shape index (κ3) is 2.54. The van der Waals surface area contributed by atoms with E-state index >= 15 is 0 Å². The Morgan fingerprint density at radius 2 is 1.41 bits per heavy atom. The number of aromatic nitrogens is 1. The summed E-state index contributed by atoms with van der Waals surface area (Å²) in [5.74, 6) is 3.30. The minimum Gasteiger partial charge on any atom is -0.454 e. The lowest BCUT2D eigenvalue weighted by Crippen LogP contribution is -2.39. The number of fused-ring (bicyclic) bond motifs is 10. The summed E-state index contributed by atoms with van der Waals surface area (Å²) in [4.78, 5) is 2.52. The molecule has 5 aromatic rings. The number of para-hydroxylation sites is 2. The van der Waals surface area contributed by atoms with Gasteiger partial charge in [-0.25, -0.2) is 0 Å². The van der Waals surface area contributed by atoms with Crippen molar-refractivity contribution in [1.29, 1.82) is 0 Å². The Labute approximate surface area is 212 Å². The van der Waals surface area contributed by atoms with Crippen LogP contribution in [0.2, 0.25) is 0 Å². The summed E-state index contributed by atoms with van der Waals surface area (Å²) >= 11 is 0. The van der Waals surface area contributed by atoms with E-state index in [2.05, 4.69) is 82.3 Å². The Morgan fingerprint density at radius 3 is 2.22 bits per heavy atom. The van der Waals surface area contributed by atoms with Gasteiger partial charge in [0.1, 0.15) is 6.17 Å². The fraction of sp³-hybridized carbons (Fsp3) is 0.161. The van der Waals surface area contributed by atoms with E-state index in [0.717, 1.165) is 47.1 Å². The van der Waals surface area contributed by atoms with Crippen LogP contribution >= 0.6 is 0 Å². The van der Waals surface area contributed by atoms with Crippen LogP contribution in [-0.2, 0) is 6.42 Å². The van der Waals surface area contributed by atoms with E-state index in [9.17, 15) is 0 Å². The van der Waals surface area contributed by atoms with Gasteiger partial charge in [-0.2, -0.15) is 0 Å². The fourth-order valence-electron chi connectivity index (χ4n) is 6.55. The van der Waals surface area contributed by atoms with Crippen molar-refractivity contribution in [3.05, 3.63) is 95.1 Å². The molecule has 0 radical (unpaired) electrons. The molecule has 1 unspecified atom stereocenters. The van der Waals surface area contributed by atoms with E-state index < -0.39 is 0 Å². The molecule has 180 valence electrons. The van der Waals surface area contributed by atoms with E-state index in [1.54, 1.807) is 0 Å². The fourth-order valence-corrected chi connectivity index (χ4v) is 6.55. The lowest BCUT2D eigenvalue weighted by Gasteiger charge is -2.44. The average molecular weight is 487 g/mol. The lowest BCUT2D eigenvalue weighted by atomic mass is 9.88. The third-order valence-corrected chi connectivity index (χ3v) is 8.12. The van der Waals surface area contributed by atoms with Gasteiger partial charge in [0.2, 0.25) is 13.6 Å². The van der Waals surface area contributed by atoms with Crippen LogP contribution in [0.25, 0.3) is 33.6 Å². The Morgan fingerprint density at radius 1 is 0.703 bits per heavy atom. The number of ether oxygens (including phenoxy) is 4. The first-order valence-corrected chi connectivity index (χ1v) is 12.7. The molecule has 0 N–H and O–H groups in total. The quantitative estimate of drug-likeness (QED) is 0.284. The zero-order valence-corrected chi connectivity index (χ0v) is 19.9. The van der Waals surface area contributed by atoms with Crippen molar-refractivity contribution in [3.63, 3.8) is 0 Å². The van der Waals surface area contributed by atoms with Crippen LogP contribution in [0.3, 0.4) is 0 Å². The highest BCUT2D eigenvalue weighted by molar-refractivity contribution is 6.08. The molecule has 0 saturated heterocycles. The molecule has 1 atom stereocenters. The molecular weight excluding hydrogens is 464 g/mol. The first kappa shape index (κ1) is 19.6. The van der Waals surface area contributed by atoms with Crippen LogP contribution in [0.15, 0.2) is 72.8 Å². The summed E-state index contributed by atoms with van der Waals surface area (Å²) in [5, 5.41) is 2.50. The number of benzene rings is 4. The average Bonchev–Trinajstić information content (AvgIpc) is 3.68. The normalized spacial score (nSPS) is 18.5. The van der Waals surface area contributed by atoms with Gasteiger partial charge in [0, 0.05) is 34.1 Å². The zero-order chi connectivity index (χ0) is 24.1. The Balaban J connectivity index is 1.37. The van der Waals surface area contributed by atoms with Gasteiger partial charge >= 0.3 is 0 Å². The molecule has 0 saturated carbocycles. The maximum atomic E-state index is 6.13. The zero-order valence-electron chi connectivity index (χ0n) is 19.9. The predicted molar refractivity (Wildman–Crippen MR) is 141 cm³/mol. The van der Waals surface area contributed by atoms with Crippen molar-refractivity contribution in [2.75, 3.05) is 20.1 Å². The molecule has 9 rings (SSSR count). The molecule has 0 fully saturated rings. The van der Waals surface area contributed by atoms with Crippen LogP contribution < -0.4 is 18.9 Å². The molecule has 0 aliphatic carbocycles. The number of nitrogens with zero attached hydrogens (tertiary/aromatic N) is 2. The van der Waals surface area contributed by atoms with Gasteiger partial charge in [-0.05, 0) is 54.0 Å². The summed E-state index contributed by atoms with van der Waals surface area (Å²) in [6, 6.07) is 25.9. The van der Waals surface area contributed by atoms with Gasteiger partial charge in [-0.1, -0.05) is 42.5 Å². The van der Waals surface area contributed by atoms with E-state index in [1.165, 1.54) is 38.6 Å². The van der Waals surface area contributed by atoms with Crippen molar-refractivity contribution in [2.45, 2.75) is 12.6 Å². The summed E-state index contributed by atoms with van der Waals surface area (Å²) in [6.07, 6.45) is 3.11. The van der Waals surface area contributed by atoms with Crippen molar-refractivity contribution < 1.29 is 18.9 Å². The summed E-state index contributed by atoms with van der Waals surface area (Å²) in [6.45, 7) is 1.39. The number of hydrogen-bond acceptors (Lipinski definition) is 5. The second-order valence-electron chi connectivity index (χ2n) is 9.92. The molecule has 6 heteroatoms. The third-order valence-electron chi connectivity index (χ3n) is 8.12. The second-order valence-corrected chi connectivity index (χ2v) is 9.92. The first-order valence-electron chi connectivity index (χ1n) is 12.7. The van der Waals surface area contributed by atoms with Crippen LogP contribution in [0.4, 0.5) is 0 Å². The van der Waals surface area contributed by atoms with Crippen molar-refractivity contribution >= 4 is 33.6 Å². The maximum Gasteiger partial charge on any atom is 0.231 e. The molecule has 0 bridgehead atoms. The van der Waals surface area contributed by atoms with E-state index in [4.69, 9.17) is 18.9 Å². The second kappa shape index (κ2) is 7.01. The van der Waals surface area contributed by atoms with Crippen molar-refractivity contribution in [1.82, 2.24) is 9.47 Å². The minimum atomic E-state index is -0.102. The molecule has 37 heavy (non-hydrogen) atoms. The van der Waals surface area contributed by atoms with Gasteiger partial charge in [-0.15, -0.1) is 0 Å². The smallest absolute Gasteiger partial charge is 0.231 e. The minimum absolute atomic E-state index is 0.102. The van der Waals surface area contributed by atoms with Crippen LogP contribution in [0.1, 0.15) is 28.4 Å². The SMILES string of the molecule is C1=C2c3cc4c(cc3CCN2C(n2c3ccccc3c3ccccc32)c2c1ccc1c2OCO1)OCO4. The summed E-state index contributed by atoms with van der Waals surface area (Å²) in [5.41, 5.74) is 8.38. The Kier molecular flexibility index (Phi) is 3.71. The van der Waals surface area contributed by atoms with Gasteiger partial charge in [-0.3, -0.25) is 0 Å². The molecule has 0 amide bonds. The topological polar surface area (TPSA) is 45.1 Å². The van der Waals surface area contributed by atoms with Gasteiger partial charge in [0.05, 0.1) is 11.0 Å². The van der Waals surface area contributed by atoms with Gasteiger partial charge in [0.15, 0.2) is 23.0 Å². The van der Waals surface area contributed by atoms with Crippen molar-refractivity contribution in [3.8, 4) is 23.0 Å². The molecule has 1 aromatic heterocycles. The highest BCUT2D eigenvalue weighted by Gasteiger charge is 2.40. The molecule has 4 aliphatic rings. The molecule has 4 aliphatic heterocycles. The predicted octanol–water partition coefficient (Wildman–Crippen LogP) is 6.17. The maximum absolute atomic E-state index is 6.13. The highest BCUT2D eigenvalue weighted by Crippen LogP contribution is 2.52. The molecular formula is C31H22N2O4. The summed E-state index contributed by atoms with van der Waals surface area (Å²) in [7, 11) is 0. The molecule has 5 heterocycles. The Hall–Kier alpha value is -4.58. The van der Waals surface area contributed by atoms with Gasteiger partial charge < -0.3 is 28.4 Å². The summed E-state index contributed by atoms with van der Waals surface area (Å²) < 4.78 is 25.9.